The van der Waals surface area contributed by atoms with E-state index in [9.17, 15) is 24.9 Å². The summed E-state index contributed by atoms with van der Waals surface area (Å²) in [6.07, 6.45) is -2.05. The SMILES string of the molecule is COc1cc(O)c2c(c1)C(=O)C1=C(C2=O)C(O)CC(C)C1O. The van der Waals surface area contributed by atoms with E-state index in [2.05, 4.69) is 0 Å². The second-order valence-electron chi connectivity index (χ2n) is 5.73. The van der Waals surface area contributed by atoms with Crippen LogP contribution in [0.5, 0.6) is 11.5 Å². The Balaban J connectivity index is 2.26. The monoisotopic (exact) mass is 304 g/mol. The number of aliphatic hydroxyl groups excluding tert-OH is 2. The summed E-state index contributed by atoms with van der Waals surface area (Å²) in [5.41, 5.74) is -0.341. The van der Waals surface area contributed by atoms with Crippen molar-refractivity contribution in [1.29, 1.82) is 0 Å². The lowest BCUT2D eigenvalue weighted by atomic mass is 9.71. The Morgan fingerprint density at radius 2 is 1.82 bits per heavy atom. The molecule has 2 aliphatic carbocycles. The van der Waals surface area contributed by atoms with E-state index < -0.39 is 23.8 Å². The Labute approximate surface area is 126 Å². The molecule has 3 unspecified atom stereocenters. The third-order valence-corrected chi connectivity index (χ3v) is 4.34. The van der Waals surface area contributed by atoms with Crippen LogP contribution in [-0.2, 0) is 0 Å². The summed E-state index contributed by atoms with van der Waals surface area (Å²) in [4.78, 5) is 25.3. The average molecular weight is 304 g/mol. The van der Waals surface area contributed by atoms with E-state index in [1.54, 1.807) is 6.92 Å². The van der Waals surface area contributed by atoms with Crippen LogP contribution < -0.4 is 4.74 Å². The second-order valence-corrected chi connectivity index (χ2v) is 5.73. The number of Topliss-reactive ketones (excluding diaryl/α,β-unsaturated/α-hetero) is 2. The molecule has 0 aliphatic heterocycles. The number of carbonyl (C=O) groups excluding carboxylic acids is 2. The van der Waals surface area contributed by atoms with Crippen molar-refractivity contribution in [3.63, 3.8) is 0 Å². The summed E-state index contributed by atoms with van der Waals surface area (Å²) < 4.78 is 5.00. The van der Waals surface area contributed by atoms with Crippen molar-refractivity contribution in [2.75, 3.05) is 7.11 Å². The van der Waals surface area contributed by atoms with Crippen LogP contribution in [0.1, 0.15) is 34.1 Å². The topological polar surface area (TPSA) is 104 Å². The Hall–Kier alpha value is -2.18. The highest BCUT2D eigenvalue weighted by atomic mass is 16.5. The maximum Gasteiger partial charge on any atom is 0.196 e. The third-order valence-electron chi connectivity index (χ3n) is 4.34. The Bertz CT molecular complexity index is 718. The molecule has 0 saturated heterocycles. The second kappa shape index (κ2) is 4.93. The number of carbonyl (C=O) groups is 2. The molecule has 0 spiro atoms. The molecule has 0 saturated carbocycles. The average Bonchev–Trinajstić information content (AvgIpc) is 2.47. The van der Waals surface area contributed by atoms with Crippen LogP contribution in [0, 0.1) is 5.92 Å². The summed E-state index contributed by atoms with van der Waals surface area (Å²) in [5.74, 6) is -1.66. The molecule has 2 aliphatic rings. The molecule has 0 fully saturated rings. The number of methoxy groups -OCH3 is 1. The van der Waals surface area contributed by atoms with Gasteiger partial charge in [-0.25, -0.2) is 0 Å². The molecule has 6 heteroatoms. The van der Waals surface area contributed by atoms with Crippen LogP contribution in [0.2, 0.25) is 0 Å². The lowest BCUT2D eigenvalue weighted by molar-refractivity contribution is 0.0640. The van der Waals surface area contributed by atoms with E-state index in [4.69, 9.17) is 4.74 Å². The molecule has 6 nitrogen and oxygen atoms in total. The first kappa shape index (κ1) is 14.7. The van der Waals surface area contributed by atoms with Crippen molar-refractivity contribution < 1.29 is 29.6 Å². The van der Waals surface area contributed by atoms with Gasteiger partial charge in [-0.1, -0.05) is 6.92 Å². The van der Waals surface area contributed by atoms with Crippen molar-refractivity contribution in [3.8, 4) is 11.5 Å². The molecule has 3 N–H and O–H groups in total. The molecule has 1 aromatic carbocycles. The van der Waals surface area contributed by atoms with E-state index in [-0.39, 0.29) is 46.1 Å². The van der Waals surface area contributed by atoms with Crippen molar-refractivity contribution in [1.82, 2.24) is 0 Å². The minimum absolute atomic E-state index is 0.0130. The maximum atomic E-state index is 12.7. The molecule has 3 atom stereocenters. The largest absolute Gasteiger partial charge is 0.507 e. The van der Waals surface area contributed by atoms with Gasteiger partial charge in [0.15, 0.2) is 11.6 Å². The molecular formula is C16H16O6. The number of hydrogen-bond acceptors (Lipinski definition) is 6. The number of rotatable bonds is 1. The first-order valence-electron chi connectivity index (χ1n) is 6.97. The van der Waals surface area contributed by atoms with Gasteiger partial charge in [0, 0.05) is 22.8 Å². The zero-order chi connectivity index (χ0) is 16.2. The molecular weight excluding hydrogens is 288 g/mol. The van der Waals surface area contributed by atoms with Gasteiger partial charge < -0.3 is 20.1 Å². The predicted octanol–water partition coefficient (Wildman–Crippen LogP) is 0.838. The summed E-state index contributed by atoms with van der Waals surface area (Å²) in [5, 5.41) is 30.4. The quantitative estimate of drug-likeness (QED) is 0.710. The summed E-state index contributed by atoms with van der Waals surface area (Å²) in [6.45, 7) is 1.70. The van der Waals surface area contributed by atoms with Crippen molar-refractivity contribution in [2.24, 2.45) is 5.92 Å². The van der Waals surface area contributed by atoms with Crippen LogP contribution in [-0.4, -0.2) is 46.2 Å². The predicted molar refractivity (Wildman–Crippen MR) is 76.1 cm³/mol. The van der Waals surface area contributed by atoms with Crippen molar-refractivity contribution in [2.45, 2.75) is 25.6 Å². The number of aliphatic hydroxyl groups is 2. The highest BCUT2D eigenvalue weighted by Gasteiger charge is 2.44. The van der Waals surface area contributed by atoms with E-state index >= 15 is 0 Å². The molecule has 3 rings (SSSR count). The lowest BCUT2D eigenvalue weighted by Gasteiger charge is -2.35. The molecule has 0 bridgehead atoms. The van der Waals surface area contributed by atoms with Crippen LogP contribution in [0.15, 0.2) is 23.3 Å². The molecule has 116 valence electrons. The number of aromatic hydroxyl groups is 1. The van der Waals surface area contributed by atoms with Crippen molar-refractivity contribution >= 4 is 11.6 Å². The Morgan fingerprint density at radius 1 is 1.14 bits per heavy atom. The number of phenolic OH excluding ortho intramolecular Hbond substituents is 1. The van der Waals surface area contributed by atoms with Gasteiger partial charge in [-0.2, -0.15) is 0 Å². The first-order valence-corrected chi connectivity index (χ1v) is 6.97. The van der Waals surface area contributed by atoms with Crippen LogP contribution in [0.3, 0.4) is 0 Å². The van der Waals surface area contributed by atoms with Gasteiger partial charge in [0.25, 0.3) is 0 Å². The minimum Gasteiger partial charge on any atom is -0.507 e. The van der Waals surface area contributed by atoms with Gasteiger partial charge in [0.05, 0.1) is 24.9 Å². The first-order chi connectivity index (χ1) is 10.4. The summed E-state index contributed by atoms with van der Waals surface area (Å²) >= 11 is 0. The minimum atomic E-state index is -1.13. The maximum absolute atomic E-state index is 12.7. The Kier molecular flexibility index (Phi) is 3.30. The van der Waals surface area contributed by atoms with Crippen LogP contribution >= 0.6 is 0 Å². The fraction of sp³-hybridized carbons (Fsp3) is 0.375. The number of phenols is 1. The summed E-state index contributed by atoms with van der Waals surface area (Å²) in [6, 6.07) is 2.60. The highest BCUT2D eigenvalue weighted by molar-refractivity contribution is 6.28. The van der Waals surface area contributed by atoms with E-state index in [1.807, 2.05) is 0 Å². The van der Waals surface area contributed by atoms with Crippen LogP contribution in [0.25, 0.3) is 0 Å². The number of ketones is 2. The number of fused-ring (bicyclic) bond motifs is 1. The molecule has 0 heterocycles. The molecule has 0 aromatic heterocycles. The highest BCUT2D eigenvalue weighted by Crippen LogP contribution is 2.41. The van der Waals surface area contributed by atoms with Gasteiger partial charge in [-0.3, -0.25) is 9.59 Å². The fourth-order valence-electron chi connectivity index (χ4n) is 3.17. The standard InChI is InChI=1S/C16H16O6/c1-6-3-9(17)12-13(14(6)19)15(20)8-4-7(22-2)5-10(18)11(8)16(12)21/h4-6,9,14,17-19H,3H2,1-2H3. The fourth-order valence-corrected chi connectivity index (χ4v) is 3.17. The van der Waals surface area contributed by atoms with Crippen molar-refractivity contribution in [3.05, 3.63) is 34.4 Å². The normalized spacial score (nSPS) is 27.5. The van der Waals surface area contributed by atoms with Gasteiger partial charge in [0.2, 0.25) is 0 Å². The molecule has 0 radical (unpaired) electrons. The van der Waals surface area contributed by atoms with Crippen LogP contribution in [0.4, 0.5) is 0 Å². The molecule has 0 amide bonds. The van der Waals surface area contributed by atoms with E-state index in [1.165, 1.54) is 19.2 Å². The zero-order valence-corrected chi connectivity index (χ0v) is 12.2. The van der Waals surface area contributed by atoms with Gasteiger partial charge in [-0.15, -0.1) is 0 Å². The van der Waals surface area contributed by atoms with Gasteiger partial charge in [0.1, 0.15) is 11.5 Å². The van der Waals surface area contributed by atoms with Gasteiger partial charge >= 0.3 is 0 Å². The van der Waals surface area contributed by atoms with E-state index in [0.29, 0.717) is 0 Å². The molecule has 22 heavy (non-hydrogen) atoms. The van der Waals surface area contributed by atoms with Gasteiger partial charge in [-0.05, 0) is 18.4 Å². The smallest absolute Gasteiger partial charge is 0.196 e. The summed E-state index contributed by atoms with van der Waals surface area (Å²) in [7, 11) is 1.38. The van der Waals surface area contributed by atoms with E-state index in [0.717, 1.165) is 0 Å². The number of benzene rings is 1. The zero-order valence-electron chi connectivity index (χ0n) is 12.2. The lowest BCUT2D eigenvalue weighted by Crippen LogP contribution is -2.41. The third kappa shape index (κ3) is 1.88. The molecule has 1 aromatic rings. The number of hydrogen-bond donors (Lipinski definition) is 3. The number of ether oxygens (including phenoxy) is 1. The Morgan fingerprint density at radius 3 is 2.45 bits per heavy atom.